The van der Waals surface area contributed by atoms with Crippen molar-refractivity contribution in [2.45, 2.75) is 6.92 Å². The van der Waals surface area contributed by atoms with Crippen LogP contribution in [0, 0.1) is 6.92 Å². The van der Waals surface area contributed by atoms with Crippen molar-refractivity contribution in [3.63, 3.8) is 0 Å². The Hall–Kier alpha value is -2.30. The summed E-state index contributed by atoms with van der Waals surface area (Å²) >= 11 is 0. The predicted molar refractivity (Wildman–Crippen MR) is 70.9 cm³/mol. The number of hydrogen-bond acceptors (Lipinski definition) is 3. The molecule has 2 aromatic rings. The van der Waals surface area contributed by atoms with Crippen LogP contribution in [0.5, 0.6) is 0 Å². The highest BCUT2D eigenvalue weighted by atomic mass is 15.3. The first-order chi connectivity index (χ1) is 8.75. The number of aryl methyl sites for hydroxylation is 1. The van der Waals surface area contributed by atoms with Gasteiger partial charge in [0.2, 0.25) is 0 Å². The summed E-state index contributed by atoms with van der Waals surface area (Å²) in [6.07, 6.45) is 1.88. The second kappa shape index (κ2) is 4.18. The molecule has 92 valence electrons. The SMILES string of the molecule is Cc1ccc(-[n+]2[nH]cc(C3=NCCN3)c2N)cc1. The molecular formula is C13H16N5+. The number of aliphatic imine (C=N–C) groups is 1. The van der Waals surface area contributed by atoms with Gasteiger partial charge >= 0.3 is 5.82 Å². The molecule has 0 unspecified atom stereocenters. The summed E-state index contributed by atoms with van der Waals surface area (Å²) in [5.41, 5.74) is 9.33. The maximum Gasteiger partial charge on any atom is 0.309 e. The van der Waals surface area contributed by atoms with E-state index in [4.69, 9.17) is 5.73 Å². The highest BCUT2D eigenvalue weighted by Gasteiger charge is 2.21. The Morgan fingerprint density at radius 2 is 2.06 bits per heavy atom. The molecule has 5 heteroatoms. The molecule has 1 aliphatic rings. The van der Waals surface area contributed by atoms with Gasteiger partial charge in [-0.3, -0.25) is 10.7 Å². The molecular weight excluding hydrogens is 226 g/mol. The largest absolute Gasteiger partial charge is 0.368 e. The molecule has 1 aromatic carbocycles. The van der Waals surface area contributed by atoms with Gasteiger partial charge in [0.25, 0.3) is 0 Å². The predicted octanol–water partition coefficient (Wildman–Crippen LogP) is 0.532. The van der Waals surface area contributed by atoms with Crippen molar-refractivity contribution >= 4 is 11.7 Å². The molecule has 0 radical (unpaired) electrons. The zero-order chi connectivity index (χ0) is 12.5. The fraction of sp³-hybridized carbons (Fsp3) is 0.231. The maximum atomic E-state index is 6.16. The third-order valence-corrected chi connectivity index (χ3v) is 3.08. The summed E-state index contributed by atoms with van der Waals surface area (Å²) in [7, 11) is 0. The van der Waals surface area contributed by atoms with Gasteiger partial charge in [-0.15, -0.1) is 4.68 Å². The number of aromatic nitrogens is 2. The number of nitrogens with two attached hydrogens (primary N) is 1. The number of anilines is 1. The van der Waals surface area contributed by atoms with Crippen molar-refractivity contribution in [1.29, 1.82) is 0 Å². The van der Waals surface area contributed by atoms with Crippen LogP contribution >= 0.6 is 0 Å². The quantitative estimate of drug-likeness (QED) is 0.672. The van der Waals surface area contributed by atoms with E-state index in [-0.39, 0.29) is 0 Å². The van der Waals surface area contributed by atoms with Crippen LogP contribution in [0.15, 0.2) is 35.5 Å². The van der Waals surface area contributed by atoms with E-state index >= 15 is 0 Å². The molecule has 4 N–H and O–H groups in total. The zero-order valence-corrected chi connectivity index (χ0v) is 10.3. The first-order valence-corrected chi connectivity index (χ1v) is 6.00. The lowest BCUT2D eigenvalue weighted by molar-refractivity contribution is -0.641. The van der Waals surface area contributed by atoms with Crippen LogP contribution in [-0.4, -0.2) is 24.0 Å². The lowest BCUT2D eigenvalue weighted by Crippen LogP contribution is -2.36. The van der Waals surface area contributed by atoms with Gasteiger partial charge in [-0.25, -0.2) is 5.10 Å². The van der Waals surface area contributed by atoms with Crippen molar-refractivity contribution in [2.24, 2.45) is 4.99 Å². The molecule has 5 nitrogen and oxygen atoms in total. The fourth-order valence-electron chi connectivity index (χ4n) is 2.07. The van der Waals surface area contributed by atoms with Crippen molar-refractivity contribution in [2.75, 3.05) is 18.8 Å². The summed E-state index contributed by atoms with van der Waals surface area (Å²) in [6.45, 7) is 3.75. The van der Waals surface area contributed by atoms with E-state index in [1.807, 2.05) is 23.0 Å². The van der Waals surface area contributed by atoms with Gasteiger partial charge in [-0.05, 0) is 19.1 Å². The smallest absolute Gasteiger partial charge is 0.309 e. The number of benzene rings is 1. The van der Waals surface area contributed by atoms with Gasteiger partial charge in [-0.2, -0.15) is 0 Å². The highest BCUT2D eigenvalue weighted by Crippen LogP contribution is 2.11. The Morgan fingerprint density at radius 1 is 1.28 bits per heavy atom. The molecule has 0 atom stereocenters. The van der Waals surface area contributed by atoms with E-state index < -0.39 is 0 Å². The van der Waals surface area contributed by atoms with E-state index in [1.165, 1.54) is 5.56 Å². The third-order valence-electron chi connectivity index (χ3n) is 3.08. The second-order valence-corrected chi connectivity index (χ2v) is 4.40. The maximum absolute atomic E-state index is 6.16. The van der Waals surface area contributed by atoms with Crippen LogP contribution in [0.1, 0.15) is 11.1 Å². The number of hydrogen-bond donors (Lipinski definition) is 3. The number of amidine groups is 1. The number of H-pyrrole nitrogens is 1. The number of nitrogen functional groups attached to an aromatic ring is 1. The number of aromatic amines is 1. The molecule has 3 rings (SSSR count). The Morgan fingerprint density at radius 3 is 2.72 bits per heavy atom. The fourth-order valence-corrected chi connectivity index (χ4v) is 2.07. The molecule has 0 fully saturated rings. The first kappa shape index (κ1) is 10.8. The topological polar surface area (TPSA) is 70.1 Å². The van der Waals surface area contributed by atoms with Crippen molar-refractivity contribution in [3.8, 4) is 5.69 Å². The van der Waals surface area contributed by atoms with E-state index in [1.54, 1.807) is 0 Å². The van der Waals surface area contributed by atoms with Gasteiger partial charge in [0, 0.05) is 6.54 Å². The van der Waals surface area contributed by atoms with E-state index in [0.29, 0.717) is 5.82 Å². The van der Waals surface area contributed by atoms with Gasteiger partial charge < -0.3 is 5.32 Å². The highest BCUT2D eigenvalue weighted by molar-refractivity contribution is 6.02. The second-order valence-electron chi connectivity index (χ2n) is 4.40. The van der Waals surface area contributed by atoms with Crippen LogP contribution < -0.4 is 15.7 Å². The molecule has 0 spiro atoms. The summed E-state index contributed by atoms with van der Waals surface area (Å²) in [5.74, 6) is 1.54. The minimum Gasteiger partial charge on any atom is -0.368 e. The Labute approximate surface area is 105 Å². The van der Waals surface area contributed by atoms with E-state index in [2.05, 4.69) is 34.5 Å². The van der Waals surface area contributed by atoms with Crippen LogP contribution in [0.25, 0.3) is 5.69 Å². The molecule has 0 saturated heterocycles. The molecule has 2 heterocycles. The molecule has 0 amide bonds. The van der Waals surface area contributed by atoms with Gasteiger partial charge in [0.1, 0.15) is 11.4 Å². The molecule has 1 aromatic heterocycles. The van der Waals surface area contributed by atoms with E-state index in [9.17, 15) is 0 Å². The van der Waals surface area contributed by atoms with Crippen LogP contribution in [0.3, 0.4) is 0 Å². The van der Waals surface area contributed by atoms with Gasteiger partial charge in [-0.1, -0.05) is 17.7 Å². The van der Waals surface area contributed by atoms with Gasteiger partial charge in [0.05, 0.1) is 12.7 Å². The van der Waals surface area contributed by atoms with Crippen molar-refractivity contribution < 1.29 is 4.68 Å². The van der Waals surface area contributed by atoms with Crippen LogP contribution in [0.2, 0.25) is 0 Å². The Balaban J connectivity index is 2.01. The van der Waals surface area contributed by atoms with Crippen molar-refractivity contribution in [3.05, 3.63) is 41.6 Å². The molecule has 0 bridgehead atoms. The molecule has 0 saturated carbocycles. The summed E-state index contributed by atoms with van der Waals surface area (Å²) in [5, 5.41) is 6.38. The average molecular weight is 242 g/mol. The van der Waals surface area contributed by atoms with Crippen LogP contribution in [-0.2, 0) is 0 Å². The normalized spacial score (nSPS) is 14.4. The number of nitrogens with zero attached hydrogens (tertiary/aromatic N) is 2. The number of rotatable bonds is 2. The third kappa shape index (κ3) is 1.73. The Bertz CT molecular complexity index is 594. The first-order valence-electron chi connectivity index (χ1n) is 6.00. The average Bonchev–Trinajstić information content (AvgIpc) is 2.99. The lowest BCUT2D eigenvalue weighted by atomic mass is 10.2. The van der Waals surface area contributed by atoms with Crippen LogP contribution in [0.4, 0.5) is 5.82 Å². The Kier molecular flexibility index (Phi) is 2.51. The molecule has 18 heavy (non-hydrogen) atoms. The molecule has 0 aliphatic carbocycles. The van der Waals surface area contributed by atoms with Crippen molar-refractivity contribution in [1.82, 2.24) is 10.4 Å². The number of nitrogens with one attached hydrogen (secondary N) is 2. The monoisotopic (exact) mass is 242 g/mol. The minimum atomic E-state index is 0.673. The van der Waals surface area contributed by atoms with Gasteiger partial charge in [0.15, 0.2) is 5.69 Å². The van der Waals surface area contributed by atoms with E-state index in [0.717, 1.165) is 30.2 Å². The standard InChI is InChI=1S/C13H15N5/c1-9-2-4-10(5-3-9)18-12(14)11(8-17-18)13-15-6-7-16-13/h2-5,8H,6-7H2,1H3,(H3,14,15,16,17)/p+1. The zero-order valence-electron chi connectivity index (χ0n) is 10.3. The minimum absolute atomic E-state index is 0.673. The lowest BCUT2D eigenvalue weighted by Gasteiger charge is -1.99. The summed E-state index contributed by atoms with van der Waals surface area (Å²) in [4.78, 5) is 4.38. The summed E-state index contributed by atoms with van der Waals surface area (Å²) < 4.78 is 1.86. The summed E-state index contributed by atoms with van der Waals surface area (Å²) in [6, 6.07) is 8.20. The molecule has 1 aliphatic heterocycles.